The van der Waals surface area contributed by atoms with Crippen molar-refractivity contribution in [3.63, 3.8) is 0 Å². The smallest absolute Gasteiger partial charge is 0.305 e. The molecule has 0 aromatic heterocycles. The number of esters is 3. The van der Waals surface area contributed by atoms with Gasteiger partial charge in [-0.25, -0.2) is 0 Å². The summed E-state index contributed by atoms with van der Waals surface area (Å²) >= 11 is 0. The lowest BCUT2D eigenvalue weighted by Gasteiger charge is -2.18. The van der Waals surface area contributed by atoms with Crippen molar-refractivity contribution < 1.29 is 58.1 Å². The van der Waals surface area contributed by atoms with E-state index in [1.54, 1.807) is 0 Å². The zero-order valence-electron chi connectivity index (χ0n) is 49.9. The van der Waals surface area contributed by atoms with Gasteiger partial charge >= 0.3 is 17.9 Å². The average molecular weight is 1090 g/mol. The largest absolute Gasteiger partial charge is 0.466 e. The molecule has 0 bridgehead atoms. The number of carbonyl (C=O) groups excluding carboxylic acids is 3. The molecule has 0 spiro atoms. The molecule has 0 aromatic rings. The number of carbonyl (C=O) groups is 3. The third-order valence-electron chi connectivity index (χ3n) is 13.9. The summed E-state index contributed by atoms with van der Waals surface area (Å²) in [7, 11) is 0. The van der Waals surface area contributed by atoms with Gasteiger partial charge in [0.1, 0.15) is 19.3 Å². The van der Waals surface area contributed by atoms with E-state index in [1.807, 2.05) is 0 Å². The van der Waals surface area contributed by atoms with Crippen molar-refractivity contribution in [3.05, 3.63) is 36.5 Å². The molecule has 0 saturated heterocycles. The SMILES string of the molecule is CCCCCCC(O)C/C=C\CCCCCCCCC(=O)OCCOCC(COCCOC(=O)CCCCCCC/C=C\CC(O)CCCCCC)OCCCOC(=O)CCCCCCC/C=C\CC(O)CCCCCC. The van der Waals surface area contributed by atoms with Gasteiger partial charge in [0.15, 0.2) is 0 Å². The van der Waals surface area contributed by atoms with E-state index in [0.29, 0.717) is 32.3 Å². The highest BCUT2D eigenvalue weighted by molar-refractivity contribution is 5.69. The quantitative estimate of drug-likeness (QED) is 0.0229. The van der Waals surface area contributed by atoms with Crippen LogP contribution in [0.3, 0.4) is 0 Å². The highest BCUT2D eigenvalue weighted by Crippen LogP contribution is 2.15. The molecule has 4 atom stereocenters. The summed E-state index contributed by atoms with van der Waals surface area (Å²) in [5, 5.41) is 30.3. The first-order chi connectivity index (χ1) is 37.7. The molecule has 3 N–H and O–H groups in total. The minimum absolute atomic E-state index is 0.157. The summed E-state index contributed by atoms with van der Waals surface area (Å²) in [5.41, 5.74) is 0. The van der Waals surface area contributed by atoms with Crippen molar-refractivity contribution >= 4 is 17.9 Å². The zero-order chi connectivity index (χ0) is 56.2. The van der Waals surface area contributed by atoms with Crippen LogP contribution in [0.15, 0.2) is 36.5 Å². The van der Waals surface area contributed by atoms with Gasteiger partial charge in [-0.2, -0.15) is 0 Å². The zero-order valence-corrected chi connectivity index (χ0v) is 49.9. The maximum Gasteiger partial charge on any atom is 0.305 e. The fourth-order valence-corrected chi connectivity index (χ4v) is 8.96. The first-order valence-electron chi connectivity index (χ1n) is 31.9. The average Bonchev–Trinajstić information content (AvgIpc) is 3.42. The topological polar surface area (TPSA) is 167 Å². The van der Waals surface area contributed by atoms with Crippen molar-refractivity contribution in [1.29, 1.82) is 0 Å². The van der Waals surface area contributed by atoms with Crippen molar-refractivity contribution in [1.82, 2.24) is 0 Å². The number of allylic oxidation sites excluding steroid dienone is 3. The second kappa shape index (κ2) is 61.0. The molecule has 12 heteroatoms. The van der Waals surface area contributed by atoms with Crippen LogP contribution in [0.1, 0.15) is 284 Å². The van der Waals surface area contributed by atoms with Gasteiger partial charge in [-0.1, -0.05) is 198 Å². The van der Waals surface area contributed by atoms with Crippen LogP contribution in [0, 0.1) is 0 Å². The van der Waals surface area contributed by atoms with Gasteiger partial charge in [-0.3, -0.25) is 14.4 Å². The predicted octanol–water partition coefficient (Wildman–Crippen LogP) is 15.8. The van der Waals surface area contributed by atoms with Gasteiger partial charge < -0.3 is 43.7 Å². The summed E-state index contributed by atoms with van der Waals surface area (Å²) in [6.45, 7) is 8.46. The normalized spacial score (nSPS) is 13.5. The predicted molar refractivity (Wildman–Crippen MR) is 316 cm³/mol. The van der Waals surface area contributed by atoms with Crippen LogP contribution in [-0.4, -0.2) is 110 Å². The van der Waals surface area contributed by atoms with Crippen molar-refractivity contribution in [2.24, 2.45) is 0 Å². The molecule has 0 amide bonds. The maximum atomic E-state index is 12.4. The third kappa shape index (κ3) is 59.3. The molecule has 0 fully saturated rings. The molecule has 77 heavy (non-hydrogen) atoms. The summed E-state index contributed by atoms with van der Waals surface area (Å²) in [4.78, 5) is 37.1. The fourth-order valence-electron chi connectivity index (χ4n) is 8.96. The lowest BCUT2D eigenvalue weighted by atomic mass is 10.1. The van der Waals surface area contributed by atoms with Crippen LogP contribution in [-0.2, 0) is 42.8 Å². The van der Waals surface area contributed by atoms with Gasteiger partial charge in [0.05, 0.1) is 58.0 Å². The van der Waals surface area contributed by atoms with E-state index in [4.69, 9.17) is 28.4 Å². The molecule has 0 aliphatic rings. The maximum absolute atomic E-state index is 12.4. The minimum atomic E-state index is -0.407. The minimum Gasteiger partial charge on any atom is -0.466 e. The summed E-state index contributed by atoms with van der Waals surface area (Å²) in [6.07, 6.45) is 52.6. The molecule has 4 unspecified atom stereocenters. The van der Waals surface area contributed by atoms with Gasteiger partial charge in [0, 0.05) is 25.7 Å². The van der Waals surface area contributed by atoms with Gasteiger partial charge in [-0.15, -0.1) is 0 Å². The van der Waals surface area contributed by atoms with E-state index in [-0.39, 0.29) is 82.5 Å². The van der Waals surface area contributed by atoms with E-state index in [2.05, 4.69) is 57.2 Å². The van der Waals surface area contributed by atoms with Gasteiger partial charge in [0.2, 0.25) is 0 Å². The van der Waals surface area contributed by atoms with Gasteiger partial charge in [0.25, 0.3) is 0 Å². The Bertz CT molecular complexity index is 1290. The highest BCUT2D eigenvalue weighted by atomic mass is 16.6. The van der Waals surface area contributed by atoms with Crippen molar-refractivity contribution in [2.75, 3.05) is 52.9 Å². The Hall–Kier alpha value is -2.61. The number of rotatable bonds is 61. The first-order valence-corrected chi connectivity index (χ1v) is 31.9. The molecule has 0 rings (SSSR count). The Balaban J connectivity index is 4.38. The number of aliphatic hydroxyl groups excluding tert-OH is 3. The Morgan fingerprint density at radius 1 is 0.338 bits per heavy atom. The first kappa shape index (κ1) is 74.4. The third-order valence-corrected chi connectivity index (χ3v) is 13.9. The molecule has 0 saturated carbocycles. The fraction of sp³-hybridized carbons (Fsp3) is 0.862. The summed E-state index contributed by atoms with van der Waals surface area (Å²) in [6, 6.07) is 0. The molecule has 0 aromatic carbocycles. The summed E-state index contributed by atoms with van der Waals surface area (Å²) < 4.78 is 34.0. The van der Waals surface area contributed by atoms with Crippen LogP contribution < -0.4 is 0 Å². The molecule has 0 radical (unpaired) electrons. The van der Waals surface area contributed by atoms with Crippen LogP contribution >= 0.6 is 0 Å². The molecular formula is C65H120O12. The molecule has 0 heterocycles. The van der Waals surface area contributed by atoms with Crippen LogP contribution in [0.2, 0.25) is 0 Å². The summed E-state index contributed by atoms with van der Waals surface area (Å²) in [5.74, 6) is -0.627. The van der Waals surface area contributed by atoms with E-state index in [0.717, 1.165) is 173 Å². The van der Waals surface area contributed by atoms with Crippen molar-refractivity contribution in [2.45, 2.75) is 308 Å². The van der Waals surface area contributed by atoms with E-state index in [1.165, 1.54) is 64.2 Å². The van der Waals surface area contributed by atoms with Crippen molar-refractivity contribution in [3.8, 4) is 0 Å². The van der Waals surface area contributed by atoms with Crippen LogP contribution in [0.25, 0.3) is 0 Å². The highest BCUT2D eigenvalue weighted by Gasteiger charge is 2.13. The lowest BCUT2D eigenvalue weighted by molar-refractivity contribution is -0.146. The van der Waals surface area contributed by atoms with Gasteiger partial charge in [-0.05, 0) is 96.3 Å². The van der Waals surface area contributed by atoms with Crippen LogP contribution in [0.5, 0.6) is 0 Å². The second-order valence-corrected chi connectivity index (χ2v) is 21.6. The molecular weight excluding hydrogens is 973 g/mol. The van der Waals surface area contributed by atoms with E-state index >= 15 is 0 Å². The molecule has 12 nitrogen and oxygen atoms in total. The molecule has 452 valence electrons. The Morgan fingerprint density at radius 2 is 0.649 bits per heavy atom. The standard InChI is InChI=1S/C65H120O12/c1-4-7-10-32-42-59(66)45-35-26-20-14-13-15-23-30-39-49-64(70)76-55-53-72-57-62(58-73-54-56-77-65(71)50-40-31-25-19-17-22-28-37-47-61(68)44-34-12-9-6-3)74-51-41-52-75-63(69)48-38-29-24-18-16-21-27-36-46-60(67)43-33-11-8-5-2/h26-28,35-37,59-62,66-68H,4-25,29-34,38-58H2,1-3H3/b35-26-,36-27-,37-28-. The lowest BCUT2D eigenvalue weighted by Crippen LogP contribution is -2.28. The van der Waals surface area contributed by atoms with E-state index < -0.39 is 6.10 Å². The molecule has 0 aliphatic heterocycles. The van der Waals surface area contributed by atoms with Crippen LogP contribution in [0.4, 0.5) is 0 Å². The number of ether oxygens (including phenoxy) is 6. The molecule has 0 aliphatic carbocycles. The number of aliphatic hydroxyl groups is 3. The Labute approximate surface area is 472 Å². The van der Waals surface area contributed by atoms with E-state index in [9.17, 15) is 29.7 Å². The number of unbranched alkanes of at least 4 members (excludes halogenated alkanes) is 25. The number of hydrogen-bond acceptors (Lipinski definition) is 12. The Kier molecular flexibility index (Phi) is 59.0. The second-order valence-electron chi connectivity index (χ2n) is 21.6. The monoisotopic (exact) mass is 1090 g/mol. The number of hydrogen-bond donors (Lipinski definition) is 3. The Morgan fingerprint density at radius 3 is 1.00 bits per heavy atom.